The van der Waals surface area contributed by atoms with Crippen molar-refractivity contribution in [2.75, 3.05) is 26.2 Å². The average Bonchev–Trinajstić information content (AvgIpc) is 3.12. The first-order valence-electron chi connectivity index (χ1n) is 11.2. The van der Waals surface area contributed by atoms with Gasteiger partial charge in [0.25, 0.3) is 11.8 Å². The minimum Gasteiger partial charge on any atom is -0.335 e. The Bertz CT molecular complexity index is 1220. The molecule has 0 atom stereocenters. The fourth-order valence-electron chi connectivity index (χ4n) is 4.21. The van der Waals surface area contributed by atoms with Crippen molar-refractivity contribution in [3.8, 4) is 0 Å². The highest BCUT2D eigenvalue weighted by atomic mass is 16.6. The number of aryl methyl sites for hydroxylation is 2. The molecular weight excluding hydrogens is 434 g/mol. The second kappa shape index (κ2) is 9.46. The topological polar surface area (TPSA) is 102 Å². The van der Waals surface area contributed by atoms with Gasteiger partial charge in [-0.3, -0.25) is 24.4 Å². The van der Waals surface area contributed by atoms with Crippen molar-refractivity contribution >= 4 is 17.5 Å². The predicted octanol–water partition coefficient (Wildman–Crippen LogP) is 3.36. The lowest BCUT2D eigenvalue weighted by atomic mass is 10.1. The van der Waals surface area contributed by atoms with Crippen LogP contribution >= 0.6 is 0 Å². The molecule has 34 heavy (non-hydrogen) atoms. The summed E-state index contributed by atoms with van der Waals surface area (Å²) in [5.41, 5.74) is 4.15. The van der Waals surface area contributed by atoms with Crippen LogP contribution in [0.2, 0.25) is 0 Å². The van der Waals surface area contributed by atoms with Crippen molar-refractivity contribution in [2.45, 2.75) is 27.3 Å². The lowest BCUT2D eigenvalue weighted by molar-refractivity contribution is -0.386. The number of hydrogen-bond acceptors (Lipinski definition) is 5. The van der Waals surface area contributed by atoms with Gasteiger partial charge < -0.3 is 9.80 Å². The third-order valence-electron chi connectivity index (χ3n) is 6.21. The monoisotopic (exact) mass is 461 g/mol. The number of carbonyl (C=O) groups excluding carboxylic acids is 2. The van der Waals surface area contributed by atoms with Gasteiger partial charge in [0.1, 0.15) is 11.4 Å². The van der Waals surface area contributed by atoms with Gasteiger partial charge in [0.2, 0.25) is 0 Å². The van der Waals surface area contributed by atoms with Gasteiger partial charge in [-0.1, -0.05) is 29.8 Å². The van der Waals surface area contributed by atoms with E-state index in [9.17, 15) is 19.7 Å². The molecule has 1 aliphatic rings. The zero-order chi connectivity index (χ0) is 24.4. The van der Waals surface area contributed by atoms with E-state index in [2.05, 4.69) is 5.10 Å². The van der Waals surface area contributed by atoms with Gasteiger partial charge in [-0.25, -0.2) is 0 Å². The van der Waals surface area contributed by atoms with E-state index in [1.54, 1.807) is 40.5 Å². The Kier molecular flexibility index (Phi) is 6.45. The van der Waals surface area contributed by atoms with Crippen molar-refractivity contribution < 1.29 is 14.5 Å². The summed E-state index contributed by atoms with van der Waals surface area (Å²) in [5, 5.41) is 15.5. The molecule has 2 amide bonds. The maximum Gasteiger partial charge on any atom is 0.312 e. The molecule has 1 aromatic heterocycles. The third kappa shape index (κ3) is 4.68. The summed E-state index contributed by atoms with van der Waals surface area (Å²) in [7, 11) is 0. The average molecular weight is 462 g/mol. The summed E-state index contributed by atoms with van der Waals surface area (Å²) in [4.78, 5) is 40.0. The highest BCUT2D eigenvalue weighted by Gasteiger charge is 2.26. The molecule has 0 unspecified atom stereocenters. The second-order valence-electron chi connectivity index (χ2n) is 8.58. The van der Waals surface area contributed by atoms with E-state index < -0.39 is 4.92 Å². The van der Waals surface area contributed by atoms with Gasteiger partial charge in [0.15, 0.2) is 0 Å². The van der Waals surface area contributed by atoms with E-state index in [4.69, 9.17) is 0 Å². The molecule has 176 valence electrons. The van der Waals surface area contributed by atoms with Gasteiger partial charge in [-0.2, -0.15) is 5.10 Å². The molecule has 0 aliphatic carbocycles. The molecule has 0 saturated carbocycles. The Morgan fingerprint density at radius 2 is 1.32 bits per heavy atom. The molecule has 0 spiro atoms. The lowest BCUT2D eigenvalue weighted by Gasteiger charge is -2.35. The first-order chi connectivity index (χ1) is 16.2. The van der Waals surface area contributed by atoms with Crippen LogP contribution in [0.25, 0.3) is 0 Å². The summed E-state index contributed by atoms with van der Waals surface area (Å²) >= 11 is 0. The van der Waals surface area contributed by atoms with Crippen LogP contribution in [-0.4, -0.2) is 62.5 Å². The molecule has 1 saturated heterocycles. The fraction of sp³-hybridized carbons (Fsp3) is 0.320. The molecule has 4 rings (SSSR count). The number of benzene rings is 2. The highest BCUT2D eigenvalue weighted by molar-refractivity contribution is 5.96. The number of piperazine rings is 1. The van der Waals surface area contributed by atoms with Crippen LogP contribution < -0.4 is 0 Å². The summed E-state index contributed by atoms with van der Waals surface area (Å²) < 4.78 is 1.61. The van der Waals surface area contributed by atoms with Crippen LogP contribution in [0, 0.1) is 30.9 Å². The Morgan fingerprint density at radius 1 is 0.853 bits per heavy atom. The Balaban J connectivity index is 1.36. The maximum absolute atomic E-state index is 13.0. The van der Waals surface area contributed by atoms with Crippen molar-refractivity contribution in [3.05, 3.63) is 92.3 Å². The zero-order valence-corrected chi connectivity index (χ0v) is 19.5. The SMILES string of the molecule is Cc1ccc(C(=O)N2CCN(C(=O)c3ccc(Cn4nc(C)c([N+](=O)[O-])c4C)cc3)CC2)cc1. The maximum atomic E-state index is 13.0. The van der Waals surface area contributed by atoms with Crippen LogP contribution in [0.1, 0.15) is 43.2 Å². The Labute approximate surface area is 197 Å². The minimum absolute atomic E-state index is 0.0131. The van der Waals surface area contributed by atoms with Crippen LogP contribution in [0.4, 0.5) is 5.69 Å². The second-order valence-corrected chi connectivity index (χ2v) is 8.58. The van der Waals surface area contributed by atoms with Crippen molar-refractivity contribution in [1.29, 1.82) is 0 Å². The van der Waals surface area contributed by atoms with Crippen LogP contribution in [-0.2, 0) is 6.54 Å². The summed E-state index contributed by atoms with van der Waals surface area (Å²) in [6.45, 7) is 7.61. The van der Waals surface area contributed by atoms with Crippen LogP contribution in [0.5, 0.6) is 0 Å². The molecule has 9 heteroatoms. The van der Waals surface area contributed by atoms with E-state index in [0.29, 0.717) is 55.2 Å². The molecule has 0 bridgehead atoms. The van der Waals surface area contributed by atoms with Crippen molar-refractivity contribution in [1.82, 2.24) is 19.6 Å². The van der Waals surface area contributed by atoms with Gasteiger partial charge in [0, 0.05) is 37.3 Å². The Hall–Kier alpha value is -4.01. The molecule has 9 nitrogen and oxygen atoms in total. The predicted molar refractivity (Wildman–Crippen MR) is 127 cm³/mol. The standard InChI is InChI=1S/C25H27N5O4/c1-17-4-8-21(9-5-17)24(31)27-12-14-28(15-13-27)25(32)22-10-6-20(7-11-22)16-29-19(3)23(30(33)34)18(2)26-29/h4-11H,12-16H2,1-3H3. The normalized spacial score (nSPS) is 13.7. The van der Waals surface area contributed by atoms with E-state index in [1.807, 2.05) is 43.3 Å². The van der Waals surface area contributed by atoms with E-state index >= 15 is 0 Å². The fourth-order valence-corrected chi connectivity index (χ4v) is 4.21. The largest absolute Gasteiger partial charge is 0.335 e. The van der Waals surface area contributed by atoms with E-state index in [-0.39, 0.29) is 17.5 Å². The molecule has 0 radical (unpaired) electrons. The van der Waals surface area contributed by atoms with Gasteiger partial charge >= 0.3 is 5.69 Å². The van der Waals surface area contributed by atoms with Crippen molar-refractivity contribution in [3.63, 3.8) is 0 Å². The van der Waals surface area contributed by atoms with Crippen molar-refractivity contribution in [2.24, 2.45) is 0 Å². The number of nitro groups is 1. The van der Waals surface area contributed by atoms with E-state index in [1.165, 1.54) is 0 Å². The minimum atomic E-state index is -0.413. The molecule has 3 aromatic rings. The molecule has 1 fully saturated rings. The lowest BCUT2D eigenvalue weighted by Crippen LogP contribution is -2.50. The number of amides is 2. The highest BCUT2D eigenvalue weighted by Crippen LogP contribution is 2.23. The molecule has 2 heterocycles. The van der Waals surface area contributed by atoms with Gasteiger partial charge in [-0.15, -0.1) is 0 Å². The molecule has 0 N–H and O–H groups in total. The van der Waals surface area contributed by atoms with Crippen LogP contribution in [0.15, 0.2) is 48.5 Å². The summed E-state index contributed by atoms with van der Waals surface area (Å²) in [6, 6.07) is 14.7. The van der Waals surface area contributed by atoms with E-state index in [0.717, 1.165) is 11.1 Å². The van der Waals surface area contributed by atoms with Gasteiger partial charge in [0.05, 0.1) is 11.5 Å². The summed E-state index contributed by atoms with van der Waals surface area (Å²) in [6.07, 6.45) is 0. The van der Waals surface area contributed by atoms with Gasteiger partial charge in [-0.05, 0) is 50.6 Å². The first-order valence-corrected chi connectivity index (χ1v) is 11.2. The molecular formula is C25H27N5O4. The first kappa shape index (κ1) is 23.2. The third-order valence-corrected chi connectivity index (χ3v) is 6.21. The number of nitrogens with zero attached hydrogens (tertiary/aromatic N) is 5. The summed E-state index contributed by atoms with van der Waals surface area (Å²) in [5.74, 6) is -0.0865. The van der Waals surface area contributed by atoms with Crippen LogP contribution in [0.3, 0.4) is 0 Å². The Morgan fingerprint density at radius 3 is 1.76 bits per heavy atom. The number of aromatic nitrogens is 2. The number of hydrogen-bond donors (Lipinski definition) is 0. The number of carbonyl (C=O) groups is 2. The molecule has 2 aromatic carbocycles. The smallest absolute Gasteiger partial charge is 0.312 e. The number of rotatable bonds is 5. The zero-order valence-electron chi connectivity index (χ0n) is 19.5. The molecule has 1 aliphatic heterocycles. The quantitative estimate of drug-likeness (QED) is 0.428.